The lowest BCUT2D eigenvalue weighted by Crippen LogP contribution is -2.20. The van der Waals surface area contributed by atoms with E-state index in [1.54, 1.807) is 0 Å². The Bertz CT molecular complexity index is 769. The van der Waals surface area contributed by atoms with Crippen LogP contribution >= 0.6 is 11.6 Å². The minimum atomic E-state index is 0.473. The van der Waals surface area contributed by atoms with Crippen LogP contribution in [0, 0.1) is 11.8 Å². The van der Waals surface area contributed by atoms with E-state index >= 15 is 0 Å². The molecule has 1 aliphatic carbocycles. The third-order valence-corrected chi connectivity index (χ3v) is 6.98. The Labute approximate surface area is 194 Å². The molecule has 1 aromatic heterocycles. The standard InChI is InChI=1S/C27H39ClN2O/c1-3-5-7-9-21-11-13-23(14-12-21)20-31-27-29-18-24(19-30-27)25-16-15-22(17-26(25)28)10-8-6-4-2/h15-19,21,23H,3-14,20H2,1-2H3. The highest BCUT2D eigenvalue weighted by Crippen LogP contribution is 2.32. The molecule has 3 rings (SSSR count). The van der Waals surface area contributed by atoms with Crippen molar-refractivity contribution >= 4 is 11.6 Å². The van der Waals surface area contributed by atoms with Gasteiger partial charge in [0, 0.05) is 28.5 Å². The van der Waals surface area contributed by atoms with E-state index in [2.05, 4.69) is 42.0 Å². The van der Waals surface area contributed by atoms with Crippen molar-refractivity contribution in [3.05, 3.63) is 41.2 Å². The molecule has 1 saturated carbocycles. The number of nitrogens with zero attached hydrogens (tertiary/aromatic N) is 2. The second-order valence-corrected chi connectivity index (χ2v) is 9.63. The van der Waals surface area contributed by atoms with E-state index in [0.717, 1.165) is 35.1 Å². The normalized spacial score (nSPS) is 18.8. The molecule has 31 heavy (non-hydrogen) atoms. The fourth-order valence-corrected chi connectivity index (χ4v) is 4.93. The molecule has 0 N–H and O–H groups in total. The number of hydrogen-bond donors (Lipinski definition) is 0. The fourth-order valence-electron chi connectivity index (χ4n) is 4.62. The molecule has 0 unspecified atom stereocenters. The van der Waals surface area contributed by atoms with Gasteiger partial charge < -0.3 is 4.74 Å². The zero-order valence-corrected chi connectivity index (χ0v) is 20.2. The Morgan fingerprint density at radius 1 is 0.903 bits per heavy atom. The lowest BCUT2D eigenvalue weighted by molar-refractivity contribution is 0.169. The summed E-state index contributed by atoms with van der Waals surface area (Å²) in [7, 11) is 0. The van der Waals surface area contributed by atoms with Gasteiger partial charge in [0.2, 0.25) is 0 Å². The van der Waals surface area contributed by atoms with Gasteiger partial charge >= 0.3 is 6.01 Å². The summed E-state index contributed by atoms with van der Waals surface area (Å²) in [6.07, 6.45) is 19.2. The highest BCUT2D eigenvalue weighted by Gasteiger charge is 2.21. The third kappa shape index (κ3) is 7.79. The van der Waals surface area contributed by atoms with Gasteiger partial charge in [0.25, 0.3) is 0 Å². The van der Waals surface area contributed by atoms with Crippen molar-refractivity contribution in [2.45, 2.75) is 90.9 Å². The van der Waals surface area contributed by atoms with Crippen LogP contribution in [0.4, 0.5) is 0 Å². The molecule has 2 aromatic rings. The van der Waals surface area contributed by atoms with Gasteiger partial charge in [0.1, 0.15) is 0 Å². The number of benzene rings is 1. The first-order valence-corrected chi connectivity index (χ1v) is 12.8. The van der Waals surface area contributed by atoms with Crippen LogP contribution in [-0.2, 0) is 6.42 Å². The average Bonchev–Trinajstić information content (AvgIpc) is 2.79. The van der Waals surface area contributed by atoms with Crippen molar-refractivity contribution in [2.24, 2.45) is 11.8 Å². The summed E-state index contributed by atoms with van der Waals surface area (Å²) in [6.45, 7) is 5.24. The Hall–Kier alpha value is -1.61. The summed E-state index contributed by atoms with van der Waals surface area (Å²) < 4.78 is 5.92. The summed E-state index contributed by atoms with van der Waals surface area (Å²) in [6, 6.07) is 6.80. The van der Waals surface area contributed by atoms with Crippen molar-refractivity contribution < 1.29 is 4.74 Å². The van der Waals surface area contributed by atoms with Crippen molar-refractivity contribution in [3.63, 3.8) is 0 Å². The number of hydrogen-bond acceptors (Lipinski definition) is 3. The van der Waals surface area contributed by atoms with E-state index < -0.39 is 0 Å². The highest BCUT2D eigenvalue weighted by molar-refractivity contribution is 6.33. The van der Waals surface area contributed by atoms with Crippen molar-refractivity contribution in [1.29, 1.82) is 0 Å². The van der Waals surface area contributed by atoms with Gasteiger partial charge in [0.15, 0.2) is 0 Å². The molecule has 0 amide bonds. The number of halogens is 1. The predicted octanol–water partition coefficient (Wildman–Crippen LogP) is 8.30. The van der Waals surface area contributed by atoms with Gasteiger partial charge in [-0.3, -0.25) is 0 Å². The largest absolute Gasteiger partial charge is 0.463 e. The number of aromatic nitrogens is 2. The molecule has 0 bridgehead atoms. The summed E-state index contributed by atoms with van der Waals surface area (Å²) >= 11 is 6.54. The lowest BCUT2D eigenvalue weighted by Gasteiger charge is -2.28. The fraction of sp³-hybridized carbons (Fsp3) is 0.630. The molecule has 1 aromatic carbocycles. The summed E-state index contributed by atoms with van der Waals surface area (Å²) in [5.41, 5.74) is 3.21. The Morgan fingerprint density at radius 2 is 1.58 bits per heavy atom. The van der Waals surface area contributed by atoms with Crippen molar-refractivity contribution in [3.8, 4) is 17.1 Å². The van der Waals surface area contributed by atoms with Gasteiger partial charge in [0.05, 0.1) is 6.61 Å². The summed E-state index contributed by atoms with van der Waals surface area (Å²) in [4.78, 5) is 8.87. The maximum absolute atomic E-state index is 6.54. The number of rotatable bonds is 12. The van der Waals surface area contributed by atoms with Crippen molar-refractivity contribution in [2.75, 3.05) is 6.61 Å². The molecule has 4 heteroatoms. The summed E-state index contributed by atoms with van der Waals surface area (Å²) in [5.74, 6) is 1.57. The molecule has 1 aliphatic rings. The van der Waals surface area contributed by atoms with Gasteiger partial charge in [-0.15, -0.1) is 0 Å². The Kier molecular flexibility index (Phi) is 10.1. The topological polar surface area (TPSA) is 35.0 Å². The van der Waals surface area contributed by atoms with Gasteiger partial charge in [-0.1, -0.05) is 88.9 Å². The minimum Gasteiger partial charge on any atom is -0.463 e. The Balaban J connectivity index is 1.45. The number of unbranched alkanes of at least 4 members (excludes halogenated alkanes) is 4. The van der Waals surface area contributed by atoms with Crippen LogP contribution in [0.2, 0.25) is 5.02 Å². The van der Waals surface area contributed by atoms with Crippen LogP contribution in [0.25, 0.3) is 11.1 Å². The predicted molar refractivity (Wildman–Crippen MR) is 131 cm³/mol. The molecule has 0 spiro atoms. The zero-order chi connectivity index (χ0) is 21.9. The van der Waals surface area contributed by atoms with E-state index in [-0.39, 0.29) is 0 Å². The Morgan fingerprint density at radius 3 is 2.26 bits per heavy atom. The van der Waals surface area contributed by atoms with Crippen molar-refractivity contribution in [1.82, 2.24) is 9.97 Å². The van der Waals surface area contributed by atoms with Gasteiger partial charge in [-0.05, 0) is 49.1 Å². The molecule has 1 heterocycles. The van der Waals surface area contributed by atoms with Crippen LogP contribution in [0.5, 0.6) is 6.01 Å². The third-order valence-electron chi connectivity index (χ3n) is 6.67. The lowest BCUT2D eigenvalue weighted by atomic mass is 9.80. The molecule has 3 nitrogen and oxygen atoms in total. The summed E-state index contributed by atoms with van der Waals surface area (Å²) in [5, 5.41) is 0.766. The van der Waals surface area contributed by atoms with Crippen LogP contribution in [0.15, 0.2) is 30.6 Å². The molecular weight excluding hydrogens is 404 g/mol. The zero-order valence-electron chi connectivity index (χ0n) is 19.4. The molecule has 0 atom stereocenters. The second kappa shape index (κ2) is 13.1. The van der Waals surface area contributed by atoms with E-state index in [0.29, 0.717) is 11.9 Å². The van der Waals surface area contributed by atoms with Crippen LogP contribution in [0.1, 0.15) is 90.0 Å². The molecule has 0 radical (unpaired) electrons. The number of ether oxygens (including phenoxy) is 1. The van der Waals surface area contributed by atoms with Gasteiger partial charge in [-0.2, -0.15) is 0 Å². The number of aryl methyl sites for hydroxylation is 1. The first kappa shape index (κ1) is 24.0. The van der Waals surface area contributed by atoms with E-state index in [1.807, 2.05) is 12.4 Å². The average molecular weight is 443 g/mol. The van der Waals surface area contributed by atoms with Gasteiger partial charge in [-0.25, -0.2) is 9.97 Å². The van der Waals surface area contributed by atoms with Crippen LogP contribution < -0.4 is 4.74 Å². The van der Waals surface area contributed by atoms with E-state index in [1.165, 1.54) is 76.2 Å². The molecule has 1 fully saturated rings. The minimum absolute atomic E-state index is 0.473. The smallest absolute Gasteiger partial charge is 0.316 e. The quantitative estimate of drug-likeness (QED) is 0.310. The first-order chi connectivity index (χ1) is 15.2. The van der Waals surface area contributed by atoms with E-state index in [9.17, 15) is 0 Å². The molecule has 0 aliphatic heterocycles. The second-order valence-electron chi connectivity index (χ2n) is 9.22. The molecular formula is C27H39ClN2O. The first-order valence-electron chi connectivity index (χ1n) is 12.4. The SMILES string of the molecule is CCCCCc1ccc(-c2cnc(OCC3CCC(CCCCC)CC3)nc2)c(Cl)c1. The van der Waals surface area contributed by atoms with Crippen LogP contribution in [-0.4, -0.2) is 16.6 Å². The molecule has 170 valence electrons. The maximum Gasteiger partial charge on any atom is 0.316 e. The van der Waals surface area contributed by atoms with Crippen LogP contribution in [0.3, 0.4) is 0 Å². The molecule has 0 saturated heterocycles. The monoisotopic (exact) mass is 442 g/mol. The maximum atomic E-state index is 6.54. The highest BCUT2D eigenvalue weighted by atomic mass is 35.5. The van der Waals surface area contributed by atoms with E-state index in [4.69, 9.17) is 16.3 Å².